The van der Waals surface area contributed by atoms with E-state index in [1.54, 1.807) is 0 Å². The number of aryl methyl sites for hydroxylation is 1. The zero-order chi connectivity index (χ0) is 13.2. The van der Waals surface area contributed by atoms with Crippen molar-refractivity contribution < 1.29 is 14.0 Å². The maximum atomic E-state index is 5.93. The van der Waals surface area contributed by atoms with Crippen molar-refractivity contribution in [2.24, 2.45) is 0 Å². The van der Waals surface area contributed by atoms with Crippen LogP contribution in [-0.2, 0) is 16.0 Å². The molecule has 0 spiro atoms. The standard InChI is InChI=1S/C14H22N2O3/c1-3-17-13-5-4-12-14(13)18-7-6-16(12)9-11-8-10(2)19-15-11/h8,12-14H,3-7,9H2,1-2H3/t12-,13-,14+/m1/s1. The molecular formula is C14H22N2O3. The molecule has 3 atom stereocenters. The zero-order valence-corrected chi connectivity index (χ0v) is 11.7. The van der Waals surface area contributed by atoms with Crippen LogP contribution < -0.4 is 0 Å². The molecule has 1 saturated carbocycles. The summed E-state index contributed by atoms with van der Waals surface area (Å²) >= 11 is 0. The molecule has 0 N–H and O–H groups in total. The van der Waals surface area contributed by atoms with Gasteiger partial charge in [0, 0.05) is 31.8 Å². The minimum atomic E-state index is 0.224. The predicted octanol–water partition coefficient (Wildman–Crippen LogP) is 1.75. The average molecular weight is 266 g/mol. The van der Waals surface area contributed by atoms with E-state index in [-0.39, 0.29) is 12.2 Å². The highest BCUT2D eigenvalue weighted by Crippen LogP contribution is 2.32. The number of hydrogen-bond donors (Lipinski definition) is 0. The van der Waals surface area contributed by atoms with Gasteiger partial charge < -0.3 is 14.0 Å². The molecule has 19 heavy (non-hydrogen) atoms. The summed E-state index contributed by atoms with van der Waals surface area (Å²) in [6, 6.07) is 2.47. The van der Waals surface area contributed by atoms with Crippen molar-refractivity contribution in [3.63, 3.8) is 0 Å². The number of morpholine rings is 1. The molecule has 0 aromatic carbocycles. The number of fused-ring (bicyclic) bond motifs is 1. The smallest absolute Gasteiger partial charge is 0.133 e. The fourth-order valence-electron chi connectivity index (χ4n) is 3.28. The lowest BCUT2D eigenvalue weighted by molar-refractivity contribution is -0.113. The summed E-state index contributed by atoms with van der Waals surface area (Å²) in [6.07, 6.45) is 2.72. The first-order valence-corrected chi connectivity index (χ1v) is 7.17. The molecule has 2 heterocycles. The SMILES string of the molecule is CCO[C@@H]1CC[C@@H]2[C@@H]1OCCN2Cc1cc(C)on1. The zero-order valence-electron chi connectivity index (χ0n) is 11.7. The minimum absolute atomic E-state index is 0.224. The van der Waals surface area contributed by atoms with Crippen LogP contribution in [0, 0.1) is 6.92 Å². The van der Waals surface area contributed by atoms with Crippen LogP contribution in [0.5, 0.6) is 0 Å². The van der Waals surface area contributed by atoms with Crippen LogP contribution in [-0.4, -0.2) is 48.1 Å². The molecule has 2 aliphatic rings. The van der Waals surface area contributed by atoms with E-state index in [0.717, 1.165) is 50.6 Å². The maximum absolute atomic E-state index is 5.93. The van der Waals surface area contributed by atoms with E-state index in [4.69, 9.17) is 14.0 Å². The molecule has 1 aromatic heterocycles. The minimum Gasteiger partial charge on any atom is -0.376 e. The van der Waals surface area contributed by atoms with Gasteiger partial charge in [0.1, 0.15) is 5.76 Å². The highest BCUT2D eigenvalue weighted by atomic mass is 16.5. The van der Waals surface area contributed by atoms with Crippen LogP contribution in [0.15, 0.2) is 10.6 Å². The second-order valence-corrected chi connectivity index (χ2v) is 5.37. The third-order valence-electron chi connectivity index (χ3n) is 4.07. The molecule has 2 fully saturated rings. The van der Waals surface area contributed by atoms with Crippen LogP contribution in [0.1, 0.15) is 31.2 Å². The Bertz CT molecular complexity index is 421. The van der Waals surface area contributed by atoms with E-state index < -0.39 is 0 Å². The Morgan fingerprint density at radius 3 is 3.11 bits per heavy atom. The Morgan fingerprint density at radius 1 is 1.47 bits per heavy atom. The van der Waals surface area contributed by atoms with Gasteiger partial charge in [-0.3, -0.25) is 4.90 Å². The molecule has 0 amide bonds. The number of hydrogen-bond acceptors (Lipinski definition) is 5. The molecule has 1 saturated heterocycles. The van der Waals surface area contributed by atoms with Crippen molar-refractivity contribution in [3.8, 4) is 0 Å². The molecule has 0 radical (unpaired) electrons. The van der Waals surface area contributed by atoms with Gasteiger partial charge in [0.15, 0.2) is 0 Å². The van der Waals surface area contributed by atoms with Crippen LogP contribution >= 0.6 is 0 Å². The van der Waals surface area contributed by atoms with Crippen molar-refractivity contribution in [3.05, 3.63) is 17.5 Å². The first-order valence-electron chi connectivity index (χ1n) is 7.17. The molecular weight excluding hydrogens is 244 g/mol. The summed E-state index contributed by atoms with van der Waals surface area (Å²) in [5.41, 5.74) is 1.01. The van der Waals surface area contributed by atoms with Crippen LogP contribution in [0.4, 0.5) is 0 Å². The topological polar surface area (TPSA) is 47.7 Å². The van der Waals surface area contributed by atoms with E-state index in [1.807, 2.05) is 19.9 Å². The third-order valence-corrected chi connectivity index (χ3v) is 4.07. The molecule has 5 heteroatoms. The number of nitrogens with zero attached hydrogens (tertiary/aromatic N) is 2. The fraction of sp³-hybridized carbons (Fsp3) is 0.786. The van der Waals surface area contributed by atoms with Gasteiger partial charge in [-0.1, -0.05) is 5.16 Å². The maximum Gasteiger partial charge on any atom is 0.133 e. The first-order chi connectivity index (χ1) is 9.28. The summed E-state index contributed by atoms with van der Waals surface area (Å²) in [4.78, 5) is 2.46. The molecule has 1 aliphatic carbocycles. The Morgan fingerprint density at radius 2 is 2.37 bits per heavy atom. The van der Waals surface area contributed by atoms with Gasteiger partial charge in [-0.05, 0) is 26.7 Å². The summed E-state index contributed by atoms with van der Waals surface area (Å²) in [6.45, 7) is 7.33. The Balaban J connectivity index is 1.66. The van der Waals surface area contributed by atoms with Crippen LogP contribution in [0.25, 0.3) is 0 Å². The largest absolute Gasteiger partial charge is 0.376 e. The molecule has 0 bridgehead atoms. The van der Waals surface area contributed by atoms with Gasteiger partial charge in [-0.25, -0.2) is 0 Å². The Kier molecular flexibility index (Phi) is 3.86. The molecule has 106 valence electrons. The van der Waals surface area contributed by atoms with E-state index >= 15 is 0 Å². The monoisotopic (exact) mass is 266 g/mol. The van der Waals surface area contributed by atoms with Crippen LogP contribution in [0.3, 0.4) is 0 Å². The lowest BCUT2D eigenvalue weighted by Crippen LogP contribution is -2.51. The second-order valence-electron chi connectivity index (χ2n) is 5.37. The van der Waals surface area contributed by atoms with E-state index in [2.05, 4.69) is 10.1 Å². The summed E-state index contributed by atoms with van der Waals surface area (Å²) in [7, 11) is 0. The molecule has 0 unspecified atom stereocenters. The normalized spacial score (nSPS) is 31.6. The summed E-state index contributed by atoms with van der Waals surface area (Å²) in [5.74, 6) is 0.874. The van der Waals surface area contributed by atoms with Gasteiger partial charge in [0.2, 0.25) is 0 Å². The Hall–Kier alpha value is -0.910. The van der Waals surface area contributed by atoms with Crippen molar-refractivity contribution in [2.45, 2.75) is 51.5 Å². The first kappa shape index (κ1) is 13.1. The molecule has 1 aliphatic heterocycles. The molecule has 5 nitrogen and oxygen atoms in total. The number of ether oxygens (including phenoxy) is 2. The lowest BCUT2D eigenvalue weighted by atomic mass is 10.1. The third kappa shape index (κ3) is 2.68. The van der Waals surface area contributed by atoms with E-state index in [9.17, 15) is 0 Å². The second kappa shape index (κ2) is 5.61. The van der Waals surface area contributed by atoms with E-state index in [1.165, 1.54) is 0 Å². The van der Waals surface area contributed by atoms with Crippen molar-refractivity contribution in [1.82, 2.24) is 10.1 Å². The van der Waals surface area contributed by atoms with Gasteiger partial charge >= 0.3 is 0 Å². The highest BCUT2D eigenvalue weighted by molar-refractivity contribution is 5.05. The van der Waals surface area contributed by atoms with Crippen molar-refractivity contribution in [2.75, 3.05) is 19.8 Å². The van der Waals surface area contributed by atoms with Gasteiger partial charge in [-0.15, -0.1) is 0 Å². The summed E-state index contributed by atoms with van der Waals surface area (Å²) in [5, 5.41) is 4.09. The van der Waals surface area contributed by atoms with Gasteiger partial charge in [0.05, 0.1) is 24.5 Å². The fourth-order valence-corrected chi connectivity index (χ4v) is 3.28. The molecule has 3 rings (SSSR count). The number of rotatable bonds is 4. The number of aromatic nitrogens is 1. The van der Waals surface area contributed by atoms with Gasteiger partial charge in [0.25, 0.3) is 0 Å². The van der Waals surface area contributed by atoms with Crippen molar-refractivity contribution in [1.29, 1.82) is 0 Å². The van der Waals surface area contributed by atoms with Gasteiger partial charge in [-0.2, -0.15) is 0 Å². The Labute approximate surface area is 113 Å². The highest BCUT2D eigenvalue weighted by Gasteiger charge is 2.43. The summed E-state index contributed by atoms with van der Waals surface area (Å²) < 4.78 is 16.9. The quantitative estimate of drug-likeness (QED) is 0.831. The molecule has 1 aromatic rings. The van der Waals surface area contributed by atoms with E-state index in [0.29, 0.717) is 6.04 Å². The average Bonchev–Trinajstić information content (AvgIpc) is 2.98. The predicted molar refractivity (Wildman–Crippen MR) is 69.8 cm³/mol. The lowest BCUT2D eigenvalue weighted by Gasteiger charge is -2.38. The van der Waals surface area contributed by atoms with Crippen LogP contribution in [0.2, 0.25) is 0 Å². The van der Waals surface area contributed by atoms with Crippen molar-refractivity contribution >= 4 is 0 Å².